The molecule has 0 saturated heterocycles. The number of hydrogen-bond donors (Lipinski definition) is 2. The molecule has 0 saturated carbocycles. The molecule has 0 atom stereocenters. The van der Waals surface area contributed by atoms with Gasteiger partial charge in [-0.1, -0.05) is 48.5 Å². The van der Waals surface area contributed by atoms with Crippen molar-refractivity contribution in [1.82, 2.24) is 15.2 Å². The lowest BCUT2D eigenvalue weighted by Gasteiger charge is -2.06. The zero-order valence-electron chi connectivity index (χ0n) is 14.4. The number of nitrogens with one attached hydrogen (secondary N) is 2. The van der Waals surface area contributed by atoms with E-state index in [0.717, 1.165) is 33.3 Å². The number of carbonyl (C=O) groups is 1. The highest BCUT2D eigenvalue weighted by atomic mass is 16.1. The number of hydrogen-bond acceptors (Lipinski definition) is 3. The maximum atomic E-state index is 12.4. The van der Waals surface area contributed by atoms with E-state index in [1.54, 1.807) is 12.3 Å². The molecule has 2 aromatic carbocycles. The van der Waals surface area contributed by atoms with Crippen LogP contribution in [0.2, 0.25) is 0 Å². The van der Waals surface area contributed by atoms with Gasteiger partial charge in [-0.2, -0.15) is 5.10 Å². The first-order valence-corrected chi connectivity index (χ1v) is 8.44. The summed E-state index contributed by atoms with van der Waals surface area (Å²) in [5.74, 6) is 0.392. The predicted molar refractivity (Wildman–Crippen MR) is 103 cm³/mol. The first kappa shape index (κ1) is 16.0. The van der Waals surface area contributed by atoms with Crippen LogP contribution in [-0.2, 0) is 11.2 Å². The molecule has 0 bridgehead atoms. The maximum absolute atomic E-state index is 12.4. The lowest BCUT2D eigenvalue weighted by atomic mass is 10.0. The Hall–Kier alpha value is -3.47. The van der Waals surface area contributed by atoms with Gasteiger partial charge in [0.1, 0.15) is 0 Å². The zero-order valence-corrected chi connectivity index (χ0v) is 14.4. The summed E-state index contributed by atoms with van der Waals surface area (Å²) in [7, 11) is 0. The van der Waals surface area contributed by atoms with Crippen LogP contribution in [0.3, 0.4) is 0 Å². The zero-order chi connectivity index (χ0) is 17.9. The monoisotopic (exact) mass is 342 g/mol. The molecule has 4 rings (SSSR count). The Bertz CT molecular complexity index is 1060. The Morgan fingerprint density at radius 2 is 1.92 bits per heavy atom. The Labute approximate surface area is 151 Å². The van der Waals surface area contributed by atoms with Gasteiger partial charge in [-0.25, -0.2) is 0 Å². The van der Waals surface area contributed by atoms with Crippen LogP contribution in [0.4, 0.5) is 5.82 Å². The van der Waals surface area contributed by atoms with Crippen molar-refractivity contribution < 1.29 is 4.79 Å². The van der Waals surface area contributed by atoms with Gasteiger partial charge in [0, 0.05) is 12.3 Å². The van der Waals surface area contributed by atoms with Gasteiger partial charge in [0.25, 0.3) is 0 Å². The summed E-state index contributed by atoms with van der Waals surface area (Å²) < 4.78 is 0. The van der Waals surface area contributed by atoms with E-state index in [2.05, 4.69) is 20.5 Å². The van der Waals surface area contributed by atoms with Crippen LogP contribution < -0.4 is 5.32 Å². The average Bonchev–Trinajstić information content (AvgIpc) is 3.11. The van der Waals surface area contributed by atoms with Crippen molar-refractivity contribution in [2.45, 2.75) is 13.3 Å². The third kappa shape index (κ3) is 3.32. The Kier molecular flexibility index (Phi) is 4.19. The highest BCUT2D eigenvalue weighted by Gasteiger charge is 2.10. The fraction of sp³-hybridized carbons (Fsp3) is 0.0952. The number of anilines is 1. The molecular weight excluding hydrogens is 324 g/mol. The number of benzene rings is 2. The molecule has 2 heterocycles. The Morgan fingerprint density at radius 3 is 2.77 bits per heavy atom. The molecule has 2 N–H and O–H groups in total. The van der Waals surface area contributed by atoms with Gasteiger partial charge in [-0.15, -0.1) is 0 Å². The summed E-state index contributed by atoms with van der Waals surface area (Å²) in [6.45, 7) is 1.99. The van der Waals surface area contributed by atoms with Crippen LogP contribution in [0.15, 0.2) is 66.9 Å². The maximum Gasteiger partial charge on any atom is 0.230 e. The van der Waals surface area contributed by atoms with Crippen LogP contribution >= 0.6 is 0 Å². The highest BCUT2D eigenvalue weighted by molar-refractivity contribution is 5.95. The molecule has 0 aliphatic carbocycles. The van der Waals surface area contributed by atoms with E-state index in [0.29, 0.717) is 12.2 Å². The molecular formula is C21H18N4O. The lowest BCUT2D eigenvalue weighted by Crippen LogP contribution is -2.14. The number of rotatable bonds is 4. The second-order valence-corrected chi connectivity index (χ2v) is 6.25. The van der Waals surface area contributed by atoms with Gasteiger partial charge in [-0.3, -0.25) is 14.9 Å². The van der Waals surface area contributed by atoms with E-state index in [-0.39, 0.29) is 5.91 Å². The minimum absolute atomic E-state index is 0.101. The molecule has 0 aliphatic rings. The molecule has 1 amide bonds. The van der Waals surface area contributed by atoms with Crippen molar-refractivity contribution >= 4 is 22.5 Å². The number of aromatic nitrogens is 3. The van der Waals surface area contributed by atoms with Gasteiger partial charge in [0.15, 0.2) is 5.82 Å². The van der Waals surface area contributed by atoms with E-state index in [1.807, 2.05) is 61.5 Å². The summed E-state index contributed by atoms with van der Waals surface area (Å²) in [6.07, 6.45) is 2.10. The number of carbonyl (C=O) groups excluding carboxylic acids is 1. The summed E-state index contributed by atoms with van der Waals surface area (Å²) in [5, 5.41) is 12.1. The normalized spacial score (nSPS) is 10.8. The van der Waals surface area contributed by atoms with E-state index < -0.39 is 0 Å². The fourth-order valence-corrected chi connectivity index (χ4v) is 2.95. The highest BCUT2D eigenvalue weighted by Crippen LogP contribution is 2.20. The van der Waals surface area contributed by atoms with E-state index in [4.69, 9.17) is 0 Å². The summed E-state index contributed by atoms with van der Waals surface area (Å²) >= 11 is 0. The predicted octanol–water partition coefficient (Wildman–Crippen LogP) is 4.11. The molecule has 0 fully saturated rings. The minimum atomic E-state index is -0.101. The number of fused-ring (bicyclic) bond motifs is 1. The molecule has 2 aromatic heterocycles. The molecule has 5 heteroatoms. The summed E-state index contributed by atoms with van der Waals surface area (Å²) in [6, 6.07) is 19.8. The largest absolute Gasteiger partial charge is 0.309 e. The molecule has 0 spiro atoms. The molecule has 0 aliphatic heterocycles. The van der Waals surface area contributed by atoms with Crippen molar-refractivity contribution in [3.8, 4) is 11.4 Å². The first-order chi connectivity index (χ1) is 12.7. The van der Waals surface area contributed by atoms with Gasteiger partial charge in [0.2, 0.25) is 5.91 Å². The third-order valence-corrected chi connectivity index (χ3v) is 4.26. The van der Waals surface area contributed by atoms with Crippen LogP contribution in [0, 0.1) is 6.92 Å². The summed E-state index contributed by atoms with van der Waals surface area (Å²) in [4.78, 5) is 16.8. The third-order valence-electron chi connectivity index (χ3n) is 4.26. The Balaban J connectivity index is 1.49. The van der Waals surface area contributed by atoms with Gasteiger partial charge < -0.3 is 5.32 Å². The van der Waals surface area contributed by atoms with Crippen LogP contribution in [0.5, 0.6) is 0 Å². The van der Waals surface area contributed by atoms with Gasteiger partial charge in [0.05, 0.1) is 17.8 Å². The quantitative estimate of drug-likeness (QED) is 0.586. The standard InChI is InChI=1S/C21H18N4O/c1-14-9-10-18(22-13-14)19-12-20(25-24-19)23-21(26)11-16-7-4-6-15-5-2-3-8-17(15)16/h2-10,12-13H,11H2,1H3,(H2,23,24,25,26). The smallest absolute Gasteiger partial charge is 0.230 e. The number of pyridine rings is 1. The first-order valence-electron chi connectivity index (χ1n) is 8.44. The van der Waals surface area contributed by atoms with Gasteiger partial charge in [-0.05, 0) is 34.9 Å². The fourth-order valence-electron chi connectivity index (χ4n) is 2.95. The van der Waals surface area contributed by atoms with Crippen molar-refractivity contribution in [2.24, 2.45) is 0 Å². The molecule has 5 nitrogen and oxygen atoms in total. The molecule has 128 valence electrons. The van der Waals surface area contributed by atoms with Crippen molar-refractivity contribution in [3.05, 3.63) is 78.0 Å². The number of aromatic amines is 1. The molecule has 4 aromatic rings. The van der Waals surface area contributed by atoms with E-state index >= 15 is 0 Å². The second-order valence-electron chi connectivity index (χ2n) is 6.25. The van der Waals surface area contributed by atoms with Crippen molar-refractivity contribution in [2.75, 3.05) is 5.32 Å². The number of nitrogens with zero attached hydrogens (tertiary/aromatic N) is 2. The molecule has 0 unspecified atom stereocenters. The van der Waals surface area contributed by atoms with Gasteiger partial charge >= 0.3 is 0 Å². The van der Waals surface area contributed by atoms with Crippen LogP contribution in [-0.4, -0.2) is 21.1 Å². The number of aryl methyl sites for hydroxylation is 1. The topological polar surface area (TPSA) is 70.7 Å². The SMILES string of the molecule is Cc1ccc(-c2cc(NC(=O)Cc3cccc4ccccc34)n[nH]2)nc1. The number of amides is 1. The molecule has 0 radical (unpaired) electrons. The minimum Gasteiger partial charge on any atom is -0.309 e. The number of H-pyrrole nitrogens is 1. The second kappa shape index (κ2) is 6.80. The van der Waals surface area contributed by atoms with Crippen LogP contribution in [0.25, 0.3) is 22.2 Å². The Morgan fingerprint density at radius 1 is 1.08 bits per heavy atom. The van der Waals surface area contributed by atoms with Crippen molar-refractivity contribution in [3.63, 3.8) is 0 Å². The lowest BCUT2D eigenvalue weighted by molar-refractivity contribution is -0.115. The summed E-state index contributed by atoms with van der Waals surface area (Å²) in [5.41, 5.74) is 3.65. The van der Waals surface area contributed by atoms with Crippen LogP contribution in [0.1, 0.15) is 11.1 Å². The van der Waals surface area contributed by atoms with E-state index in [1.165, 1.54) is 0 Å². The van der Waals surface area contributed by atoms with E-state index in [9.17, 15) is 4.79 Å². The average molecular weight is 342 g/mol. The van der Waals surface area contributed by atoms with Crippen molar-refractivity contribution in [1.29, 1.82) is 0 Å². The molecule has 26 heavy (non-hydrogen) atoms.